The normalized spacial score (nSPS) is 10.4. The number of hydrogen-bond donors (Lipinski definition) is 1. The number of hydrogen-bond acceptors (Lipinski definition) is 4. The lowest BCUT2D eigenvalue weighted by atomic mass is 10.1. The van der Waals surface area contributed by atoms with E-state index < -0.39 is 0 Å². The fraction of sp³-hybridized carbons (Fsp3) is 0.529. The lowest BCUT2D eigenvalue weighted by Crippen LogP contribution is -2.23. The highest BCUT2D eigenvalue weighted by Crippen LogP contribution is 2.25. The molecular formula is C17H27NO3. The first-order valence-corrected chi connectivity index (χ1v) is 7.50. The standard InChI is InChI=1S/C17H27NO3/c1-4-7-15-14-16(20-5-2)8-9-17(15)21-13-11-18-10-6-12-19-3/h4,8-9,14,18H,1,5-7,10-13H2,2-3H3. The monoisotopic (exact) mass is 293 g/mol. The molecule has 0 unspecified atom stereocenters. The van der Waals surface area contributed by atoms with Crippen molar-refractivity contribution >= 4 is 0 Å². The molecule has 1 N–H and O–H groups in total. The summed E-state index contributed by atoms with van der Waals surface area (Å²) in [6.45, 7) is 9.64. The van der Waals surface area contributed by atoms with Crippen molar-refractivity contribution < 1.29 is 14.2 Å². The number of ether oxygens (including phenoxy) is 3. The molecule has 0 bridgehead atoms. The molecule has 0 aliphatic carbocycles. The minimum atomic E-state index is 0.644. The maximum atomic E-state index is 5.83. The van der Waals surface area contributed by atoms with E-state index in [9.17, 15) is 0 Å². The first-order valence-electron chi connectivity index (χ1n) is 7.50. The van der Waals surface area contributed by atoms with E-state index >= 15 is 0 Å². The average Bonchev–Trinajstić information content (AvgIpc) is 2.49. The lowest BCUT2D eigenvalue weighted by molar-refractivity contribution is 0.193. The van der Waals surface area contributed by atoms with Gasteiger partial charge in [0.25, 0.3) is 0 Å². The Morgan fingerprint density at radius 1 is 1.19 bits per heavy atom. The summed E-state index contributed by atoms with van der Waals surface area (Å²) in [6.07, 6.45) is 3.67. The Bertz CT molecular complexity index is 407. The molecule has 4 heteroatoms. The number of allylic oxidation sites excluding steroid dienone is 1. The van der Waals surface area contributed by atoms with Crippen molar-refractivity contribution in [3.8, 4) is 11.5 Å². The summed E-state index contributed by atoms with van der Waals surface area (Å²) in [5.74, 6) is 1.77. The van der Waals surface area contributed by atoms with Crippen LogP contribution in [0.5, 0.6) is 11.5 Å². The number of benzene rings is 1. The molecule has 1 aromatic rings. The molecular weight excluding hydrogens is 266 g/mol. The van der Waals surface area contributed by atoms with Gasteiger partial charge in [-0.2, -0.15) is 0 Å². The van der Waals surface area contributed by atoms with Gasteiger partial charge in [-0.1, -0.05) is 6.08 Å². The summed E-state index contributed by atoms with van der Waals surface area (Å²) in [4.78, 5) is 0. The van der Waals surface area contributed by atoms with Crippen molar-refractivity contribution in [1.29, 1.82) is 0 Å². The predicted molar refractivity (Wildman–Crippen MR) is 86.4 cm³/mol. The van der Waals surface area contributed by atoms with Crippen LogP contribution in [0.15, 0.2) is 30.9 Å². The van der Waals surface area contributed by atoms with E-state index in [0.717, 1.165) is 49.6 Å². The van der Waals surface area contributed by atoms with Crippen molar-refractivity contribution in [2.75, 3.05) is 40.0 Å². The van der Waals surface area contributed by atoms with Crippen LogP contribution in [0.25, 0.3) is 0 Å². The van der Waals surface area contributed by atoms with Crippen LogP contribution in [-0.2, 0) is 11.2 Å². The molecule has 1 aromatic carbocycles. The number of methoxy groups -OCH3 is 1. The summed E-state index contributed by atoms with van der Waals surface area (Å²) in [7, 11) is 1.72. The molecule has 0 radical (unpaired) electrons. The van der Waals surface area contributed by atoms with Crippen molar-refractivity contribution in [1.82, 2.24) is 5.32 Å². The van der Waals surface area contributed by atoms with Crippen molar-refractivity contribution in [2.45, 2.75) is 19.8 Å². The minimum Gasteiger partial charge on any atom is -0.494 e. The summed E-state index contributed by atoms with van der Waals surface area (Å²) in [5, 5.41) is 3.32. The van der Waals surface area contributed by atoms with E-state index in [1.165, 1.54) is 0 Å². The van der Waals surface area contributed by atoms with Gasteiger partial charge in [-0.15, -0.1) is 6.58 Å². The molecule has 0 heterocycles. The van der Waals surface area contributed by atoms with E-state index in [-0.39, 0.29) is 0 Å². The second-order valence-corrected chi connectivity index (χ2v) is 4.64. The van der Waals surface area contributed by atoms with E-state index in [1.807, 2.05) is 31.2 Å². The van der Waals surface area contributed by atoms with Gasteiger partial charge in [0.15, 0.2) is 0 Å². The van der Waals surface area contributed by atoms with Crippen LogP contribution in [0.1, 0.15) is 18.9 Å². The molecule has 0 aromatic heterocycles. The van der Waals surface area contributed by atoms with Crippen LogP contribution >= 0.6 is 0 Å². The Morgan fingerprint density at radius 3 is 2.76 bits per heavy atom. The fourth-order valence-corrected chi connectivity index (χ4v) is 1.97. The van der Waals surface area contributed by atoms with Gasteiger partial charge in [-0.3, -0.25) is 0 Å². The highest BCUT2D eigenvalue weighted by atomic mass is 16.5. The van der Waals surface area contributed by atoms with Gasteiger partial charge in [0.2, 0.25) is 0 Å². The smallest absolute Gasteiger partial charge is 0.123 e. The Balaban J connectivity index is 2.40. The van der Waals surface area contributed by atoms with Crippen molar-refractivity contribution in [3.05, 3.63) is 36.4 Å². The molecule has 4 nitrogen and oxygen atoms in total. The molecule has 0 spiro atoms. The van der Waals surface area contributed by atoms with Crippen LogP contribution in [0.4, 0.5) is 0 Å². The number of nitrogens with one attached hydrogen (secondary N) is 1. The molecule has 0 saturated heterocycles. The van der Waals surface area contributed by atoms with Crippen LogP contribution in [0.3, 0.4) is 0 Å². The zero-order valence-electron chi connectivity index (χ0n) is 13.2. The minimum absolute atomic E-state index is 0.644. The molecule has 0 saturated carbocycles. The third-order valence-electron chi connectivity index (χ3n) is 2.95. The van der Waals surface area contributed by atoms with Crippen LogP contribution < -0.4 is 14.8 Å². The summed E-state index contributed by atoms with van der Waals surface area (Å²) < 4.78 is 16.3. The van der Waals surface area contributed by atoms with E-state index in [4.69, 9.17) is 14.2 Å². The van der Waals surface area contributed by atoms with E-state index in [0.29, 0.717) is 13.2 Å². The zero-order chi connectivity index (χ0) is 15.3. The second kappa shape index (κ2) is 11.2. The Morgan fingerprint density at radius 2 is 2.05 bits per heavy atom. The van der Waals surface area contributed by atoms with Gasteiger partial charge in [0.05, 0.1) is 6.61 Å². The predicted octanol–water partition coefficient (Wildman–Crippen LogP) is 2.82. The fourth-order valence-electron chi connectivity index (χ4n) is 1.97. The highest BCUT2D eigenvalue weighted by Gasteiger charge is 2.05. The van der Waals surface area contributed by atoms with Gasteiger partial charge in [0.1, 0.15) is 18.1 Å². The Hall–Kier alpha value is -1.52. The first-order chi connectivity index (χ1) is 10.3. The summed E-state index contributed by atoms with van der Waals surface area (Å²) >= 11 is 0. The molecule has 0 atom stereocenters. The first kappa shape index (κ1) is 17.5. The molecule has 118 valence electrons. The number of rotatable bonds is 12. The molecule has 21 heavy (non-hydrogen) atoms. The van der Waals surface area contributed by atoms with E-state index in [1.54, 1.807) is 7.11 Å². The Labute approximate surface area is 128 Å². The van der Waals surface area contributed by atoms with Gasteiger partial charge in [-0.05, 0) is 44.5 Å². The van der Waals surface area contributed by atoms with Gasteiger partial charge in [-0.25, -0.2) is 0 Å². The summed E-state index contributed by atoms with van der Waals surface area (Å²) in [6, 6.07) is 5.93. The quantitative estimate of drug-likeness (QED) is 0.475. The topological polar surface area (TPSA) is 39.7 Å². The lowest BCUT2D eigenvalue weighted by Gasteiger charge is -2.13. The Kier molecular flexibility index (Phi) is 9.33. The molecule has 0 aliphatic rings. The van der Waals surface area contributed by atoms with Gasteiger partial charge in [0, 0.05) is 25.8 Å². The maximum Gasteiger partial charge on any atom is 0.123 e. The third-order valence-corrected chi connectivity index (χ3v) is 2.95. The van der Waals surface area contributed by atoms with Crippen molar-refractivity contribution in [2.24, 2.45) is 0 Å². The zero-order valence-corrected chi connectivity index (χ0v) is 13.2. The van der Waals surface area contributed by atoms with Crippen LogP contribution in [0, 0.1) is 0 Å². The molecule has 0 fully saturated rings. The van der Waals surface area contributed by atoms with Crippen LogP contribution in [-0.4, -0.2) is 40.0 Å². The SMILES string of the molecule is C=CCc1cc(OCC)ccc1OCCNCCCOC. The molecule has 1 rings (SSSR count). The molecule has 0 amide bonds. The average molecular weight is 293 g/mol. The second-order valence-electron chi connectivity index (χ2n) is 4.64. The largest absolute Gasteiger partial charge is 0.494 e. The van der Waals surface area contributed by atoms with E-state index in [2.05, 4.69) is 11.9 Å². The maximum absolute atomic E-state index is 5.83. The van der Waals surface area contributed by atoms with Crippen LogP contribution in [0.2, 0.25) is 0 Å². The molecule has 0 aliphatic heterocycles. The van der Waals surface area contributed by atoms with Gasteiger partial charge >= 0.3 is 0 Å². The third kappa shape index (κ3) is 7.16. The summed E-state index contributed by atoms with van der Waals surface area (Å²) in [5.41, 5.74) is 1.11. The van der Waals surface area contributed by atoms with Crippen molar-refractivity contribution in [3.63, 3.8) is 0 Å². The highest BCUT2D eigenvalue weighted by molar-refractivity contribution is 5.41. The van der Waals surface area contributed by atoms with Gasteiger partial charge < -0.3 is 19.5 Å².